The van der Waals surface area contributed by atoms with E-state index in [2.05, 4.69) is 0 Å². The number of carbonyl (C=O) groups is 1. The lowest BCUT2D eigenvalue weighted by Crippen LogP contribution is -2.16. The molecule has 0 saturated carbocycles. The Labute approximate surface area is 66.6 Å². The molecule has 0 N–H and O–H groups in total. The van der Waals surface area contributed by atoms with Crippen molar-refractivity contribution in [3.05, 3.63) is 24.0 Å². The highest BCUT2D eigenvalue weighted by molar-refractivity contribution is 5.77. The maximum absolute atomic E-state index is 12.1. The van der Waals surface area contributed by atoms with Crippen LogP contribution in [-0.4, -0.2) is 10.5 Å². The van der Waals surface area contributed by atoms with E-state index in [0.717, 1.165) is 19.2 Å². The third kappa shape index (κ3) is 1.49. The van der Waals surface area contributed by atoms with Crippen LogP contribution in [0.15, 0.2) is 18.3 Å². The molecule has 1 aromatic heterocycles. The highest BCUT2D eigenvalue weighted by atomic mass is 19.4. The van der Waals surface area contributed by atoms with Crippen LogP contribution in [0.1, 0.15) is 17.4 Å². The first-order valence-corrected chi connectivity index (χ1v) is 3.18. The van der Waals surface area contributed by atoms with Gasteiger partial charge in [0.05, 0.1) is 0 Å². The molecule has 0 atom stereocenters. The van der Waals surface area contributed by atoms with Crippen molar-refractivity contribution in [3.8, 4) is 0 Å². The van der Waals surface area contributed by atoms with Crippen LogP contribution in [-0.2, 0) is 6.18 Å². The quantitative estimate of drug-likeness (QED) is 0.595. The lowest BCUT2D eigenvalue weighted by molar-refractivity contribution is -0.142. The molecule has 12 heavy (non-hydrogen) atoms. The number of rotatable bonds is 0. The van der Waals surface area contributed by atoms with Crippen molar-refractivity contribution >= 4 is 5.91 Å². The first-order chi connectivity index (χ1) is 5.43. The van der Waals surface area contributed by atoms with E-state index in [0.29, 0.717) is 4.57 Å². The van der Waals surface area contributed by atoms with Gasteiger partial charge in [-0.1, -0.05) is 0 Å². The fraction of sp³-hybridized carbons (Fsp3) is 0.286. The van der Waals surface area contributed by atoms with Crippen LogP contribution in [0.25, 0.3) is 0 Å². The average Bonchev–Trinajstić information content (AvgIpc) is 2.30. The molecule has 2 nitrogen and oxygen atoms in total. The summed E-state index contributed by atoms with van der Waals surface area (Å²) in [6, 6.07) is 2.05. The van der Waals surface area contributed by atoms with Gasteiger partial charge in [-0.05, 0) is 12.1 Å². The van der Waals surface area contributed by atoms with E-state index < -0.39 is 17.8 Å². The van der Waals surface area contributed by atoms with Gasteiger partial charge in [-0.2, -0.15) is 13.2 Å². The molecular weight excluding hydrogens is 171 g/mol. The lowest BCUT2D eigenvalue weighted by atomic mass is 10.4. The maximum Gasteiger partial charge on any atom is 0.431 e. The van der Waals surface area contributed by atoms with E-state index in [1.165, 1.54) is 6.07 Å². The number of alkyl halides is 3. The molecule has 1 heterocycles. The van der Waals surface area contributed by atoms with Gasteiger partial charge < -0.3 is 0 Å². The van der Waals surface area contributed by atoms with E-state index in [4.69, 9.17) is 0 Å². The lowest BCUT2D eigenvalue weighted by Gasteiger charge is -2.07. The van der Waals surface area contributed by atoms with Gasteiger partial charge in [0.15, 0.2) is 0 Å². The van der Waals surface area contributed by atoms with E-state index in [-0.39, 0.29) is 0 Å². The van der Waals surface area contributed by atoms with Crippen LogP contribution in [0.2, 0.25) is 0 Å². The molecular formula is C7H6F3NO. The summed E-state index contributed by atoms with van der Waals surface area (Å²) < 4.78 is 36.8. The van der Waals surface area contributed by atoms with Gasteiger partial charge in [-0.3, -0.25) is 9.36 Å². The van der Waals surface area contributed by atoms with Gasteiger partial charge in [-0.25, -0.2) is 0 Å². The molecule has 0 amide bonds. The highest BCUT2D eigenvalue weighted by Gasteiger charge is 2.34. The van der Waals surface area contributed by atoms with E-state index in [1.807, 2.05) is 0 Å². The third-order valence-electron chi connectivity index (χ3n) is 1.38. The number of halogens is 3. The minimum atomic E-state index is -4.46. The molecule has 0 radical (unpaired) electrons. The van der Waals surface area contributed by atoms with Crippen molar-refractivity contribution in [2.75, 3.05) is 0 Å². The smallest absolute Gasteiger partial charge is 0.283 e. The first kappa shape index (κ1) is 8.83. The van der Waals surface area contributed by atoms with Crippen molar-refractivity contribution in [1.29, 1.82) is 0 Å². The molecule has 0 bridgehead atoms. The molecule has 0 unspecified atom stereocenters. The Morgan fingerprint density at radius 2 is 2.08 bits per heavy atom. The normalized spacial score (nSPS) is 11.7. The molecule has 0 spiro atoms. The van der Waals surface area contributed by atoms with Crippen molar-refractivity contribution in [2.24, 2.45) is 0 Å². The van der Waals surface area contributed by atoms with Gasteiger partial charge in [-0.15, -0.1) is 0 Å². The number of nitrogens with zero attached hydrogens (tertiary/aromatic N) is 1. The maximum atomic E-state index is 12.1. The average molecular weight is 177 g/mol. The zero-order chi connectivity index (χ0) is 9.35. The molecule has 0 fully saturated rings. The van der Waals surface area contributed by atoms with Crippen LogP contribution < -0.4 is 0 Å². The van der Waals surface area contributed by atoms with Crippen LogP contribution in [0.5, 0.6) is 0 Å². The molecule has 0 aliphatic heterocycles. The van der Waals surface area contributed by atoms with E-state index in [1.54, 1.807) is 0 Å². The minimum absolute atomic E-state index is 0.569. The molecule has 0 aromatic carbocycles. The Morgan fingerprint density at radius 3 is 2.42 bits per heavy atom. The number of hydrogen-bond donors (Lipinski definition) is 0. The summed E-state index contributed by atoms with van der Waals surface area (Å²) in [4.78, 5) is 10.6. The van der Waals surface area contributed by atoms with Gasteiger partial charge in [0, 0.05) is 13.1 Å². The monoisotopic (exact) mass is 177 g/mol. The summed E-state index contributed by atoms with van der Waals surface area (Å²) in [7, 11) is 0. The summed E-state index contributed by atoms with van der Waals surface area (Å²) in [5.74, 6) is -0.646. The topological polar surface area (TPSA) is 22.0 Å². The predicted molar refractivity (Wildman–Crippen MR) is 35.7 cm³/mol. The third-order valence-corrected chi connectivity index (χ3v) is 1.38. The Balaban J connectivity index is 3.17. The summed E-state index contributed by atoms with van der Waals surface area (Å²) >= 11 is 0. The second-order valence-corrected chi connectivity index (χ2v) is 2.28. The summed E-state index contributed by atoms with van der Waals surface area (Å²) in [5, 5.41) is 0. The fourth-order valence-corrected chi connectivity index (χ4v) is 0.887. The van der Waals surface area contributed by atoms with Gasteiger partial charge in [0.1, 0.15) is 5.69 Å². The van der Waals surface area contributed by atoms with Gasteiger partial charge in [0.25, 0.3) is 0 Å². The largest absolute Gasteiger partial charge is 0.431 e. The molecule has 5 heteroatoms. The van der Waals surface area contributed by atoms with Crippen molar-refractivity contribution in [2.45, 2.75) is 13.1 Å². The zero-order valence-corrected chi connectivity index (χ0v) is 6.22. The van der Waals surface area contributed by atoms with E-state index in [9.17, 15) is 18.0 Å². The van der Waals surface area contributed by atoms with Crippen LogP contribution in [0.4, 0.5) is 13.2 Å². The molecule has 66 valence electrons. The Bertz CT molecular complexity index is 300. The highest BCUT2D eigenvalue weighted by Crippen LogP contribution is 2.29. The fourth-order valence-electron chi connectivity index (χ4n) is 0.887. The standard InChI is InChI=1S/C7H6F3NO/c1-5(12)11-4-2-3-6(11)7(8,9)10/h2-4H,1H3. The number of carbonyl (C=O) groups excluding carboxylic acids is 1. The van der Waals surface area contributed by atoms with Gasteiger partial charge in [0.2, 0.25) is 5.91 Å². The first-order valence-electron chi connectivity index (χ1n) is 3.18. The summed E-state index contributed by atoms with van der Waals surface area (Å²) in [6.45, 7) is 1.08. The summed E-state index contributed by atoms with van der Waals surface area (Å²) in [5.41, 5.74) is -0.935. The molecule has 1 aromatic rings. The Morgan fingerprint density at radius 1 is 1.50 bits per heavy atom. The van der Waals surface area contributed by atoms with E-state index >= 15 is 0 Å². The second-order valence-electron chi connectivity index (χ2n) is 2.28. The van der Waals surface area contributed by atoms with Crippen LogP contribution >= 0.6 is 0 Å². The SMILES string of the molecule is CC(=O)n1cccc1C(F)(F)F. The minimum Gasteiger partial charge on any atom is -0.283 e. The van der Waals surface area contributed by atoms with Crippen molar-refractivity contribution in [1.82, 2.24) is 4.57 Å². The molecule has 0 aliphatic rings. The number of hydrogen-bond acceptors (Lipinski definition) is 1. The summed E-state index contributed by atoms with van der Waals surface area (Å²) in [6.07, 6.45) is -3.37. The van der Waals surface area contributed by atoms with Crippen LogP contribution in [0, 0.1) is 0 Å². The van der Waals surface area contributed by atoms with Crippen molar-refractivity contribution < 1.29 is 18.0 Å². The molecule has 0 saturated heterocycles. The Hall–Kier alpha value is -1.26. The second kappa shape index (κ2) is 2.66. The van der Waals surface area contributed by atoms with Crippen molar-refractivity contribution in [3.63, 3.8) is 0 Å². The number of aromatic nitrogens is 1. The zero-order valence-electron chi connectivity index (χ0n) is 6.22. The molecule has 1 rings (SSSR count). The predicted octanol–water partition coefficient (Wildman–Crippen LogP) is 2.17. The molecule has 0 aliphatic carbocycles. The Kier molecular flexibility index (Phi) is 1.95. The van der Waals surface area contributed by atoms with Crippen LogP contribution in [0.3, 0.4) is 0 Å². The van der Waals surface area contributed by atoms with Gasteiger partial charge >= 0.3 is 6.18 Å².